The predicted octanol–water partition coefficient (Wildman–Crippen LogP) is 2.17. The molecule has 5 rings (SSSR count). The number of hydrogen-bond donors (Lipinski definition) is 1. The van der Waals surface area contributed by atoms with Gasteiger partial charge in [0.05, 0.1) is 15.9 Å². The van der Waals surface area contributed by atoms with Crippen molar-refractivity contribution in [3.63, 3.8) is 0 Å². The molecule has 0 aromatic carbocycles. The van der Waals surface area contributed by atoms with E-state index in [0.717, 1.165) is 32.1 Å². The van der Waals surface area contributed by atoms with Crippen LogP contribution in [0.5, 0.6) is 0 Å². The maximum atomic E-state index is 11.8. The Bertz CT molecular complexity index is 624. The van der Waals surface area contributed by atoms with Crippen LogP contribution in [0.1, 0.15) is 38.5 Å². The molecule has 0 spiro atoms. The zero-order valence-electron chi connectivity index (χ0n) is 11.6. The fraction of sp³-hybridized carbons (Fsp3) is 0.714. The molecule has 4 aliphatic carbocycles. The number of carbonyl (C=O) groups is 1. The van der Waals surface area contributed by atoms with Gasteiger partial charge >= 0.3 is 11.7 Å². The van der Waals surface area contributed by atoms with Crippen molar-refractivity contribution < 1.29 is 14.8 Å². The monoisotopic (exact) mass is 291 g/mol. The van der Waals surface area contributed by atoms with E-state index in [2.05, 4.69) is 5.10 Å². The van der Waals surface area contributed by atoms with Crippen molar-refractivity contribution in [3.05, 3.63) is 22.5 Å². The molecule has 0 saturated heterocycles. The van der Waals surface area contributed by atoms with Crippen LogP contribution in [0.2, 0.25) is 0 Å². The number of nitro groups is 1. The Morgan fingerprint density at radius 2 is 2.05 bits per heavy atom. The number of rotatable bonds is 3. The Labute approximate surface area is 121 Å². The van der Waals surface area contributed by atoms with Crippen LogP contribution in [-0.2, 0) is 10.3 Å². The maximum Gasteiger partial charge on any atom is 0.309 e. The Morgan fingerprint density at radius 3 is 2.57 bits per heavy atom. The second-order valence-corrected chi connectivity index (χ2v) is 7.17. The van der Waals surface area contributed by atoms with Gasteiger partial charge in [-0.25, -0.2) is 0 Å². The largest absolute Gasteiger partial charge is 0.481 e. The lowest BCUT2D eigenvalue weighted by Gasteiger charge is -2.60. The summed E-state index contributed by atoms with van der Waals surface area (Å²) in [6.45, 7) is 0. The maximum absolute atomic E-state index is 11.8. The first kappa shape index (κ1) is 12.8. The SMILES string of the molecule is O=C(O)C12C[C@@H]3C[C@@H](C1)CC(n1cc([N+](=O)[O-])cn1)(C3)C2. The summed E-state index contributed by atoms with van der Waals surface area (Å²) in [4.78, 5) is 22.2. The number of nitrogens with zero attached hydrogens (tertiary/aromatic N) is 3. The first-order valence-corrected chi connectivity index (χ1v) is 7.35. The highest BCUT2D eigenvalue weighted by atomic mass is 16.6. The first-order valence-electron chi connectivity index (χ1n) is 7.35. The summed E-state index contributed by atoms with van der Waals surface area (Å²) in [5.74, 6) is 0.110. The van der Waals surface area contributed by atoms with Gasteiger partial charge in [-0.2, -0.15) is 5.10 Å². The highest BCUT2D eigenvalue weighted by Crippen LogP contribution is 2.64. The van der Waals surface area contributed by atoms with Gasteiger partial charge < -0.3 is 5.11 Å². The van der Waals surface area contributed by atoms with Crippen LogP contribution in [0.3, 0.4) is 0 Å². The Kier molecular flexibility index (Phi) is 2.34. The molecule has 1 N–H and O–H groups in total. The lowest BCUT2D eigenvalue weighted by atomic mass is 9.47. The van der Waals surface area contributed by atoms with E-state index in [1.54, 1.807) is 4.68 Å². The number of carboxylic acid groups (broad SMARTS) is 1. The van der Waals surface area contributed by atoms with Crippen LogP contribution in [0.4, 0.5) is 5.69 Å². The number of aromatic nitrogens is 2. The fourth-order valence-corrected chi connectivity index (χ4v) is 5.40. The summed E-state index contributed by atoms with van der Waals surface area (Å²) >= 11 is 0. The van der Waals surface area contributed by atoms with Crippen LogP contribution in [-0.4, -0.2) is 25.8 Å². The molecule has 4 bridgehead atoms. The van der Waals surface area contributed by atoms with Gasteiger partial charge in [-0.1, -0.05) is 0 Å². The Hall–Kier alpha value is -1.92. The average Bonchev–Trinajstić information content (AvgIpc) is 2.87. The van der Waals surface area contributed by atoms with Crippen molar-refractivity contribution in [1.82, 2.24) is 9.78 Å². The molecule has 7 heteroatoms. The molecular formula is C14H17N3O4. The standard InChI is InChI=1S/C14H17N3O4/c18-12(19)13-2-9-1-10(3-13)5-14(4-9,8-13)16-7-11(6-15-16)17(20)21/h6-7,9-10H,1-5,8H2,(H,18,19)/t9-,10-,13?,14?/m0/s1. The van der Waals surface area contributed by atoms with Gasteiger partial charge in [0.2, 0.25) is 0 Å². The summed E-state index contributed by atoms with van der Waals surface area (Å²) in [5, 5.41) is 24.8. The summed E-state index contributed by atoms with van der Waals surface area (Å²) in [7, 11) is 0. The summed E-state index contributed by atoms with van der Waals surface area (Å²) < 4.78 is 1.69. The lowest BCUT2D eigenvalue weighted by molar-refractivity contribution is -0.385. The third-order valence-corrected chi connectivity index (χ3v) is 5.75. The molecule has 0 aliphatic heterocycles. The molecule has 7 nitrogen and oxygen atoms in total. The summed E-state index contributed by atoms with van der Waals surface area (Å²) in [6.07, 6.45) is 7.71. The fourth-order valence-electron chi connectivity index (χ4n) is 5.40. The highest BCUT2D eigenvalue weighted by molar-refractivity contribution is 5.75. The van der Waals surface area contributed by atoms with Crippen molar-refractivity contribution in [3.8, 4) is 0 Å². The van der Waals surface area contributed by atoms with Gasteiger partial charge in [-0.05, 0) is 50.4 Å². The van der Waals surface area contributed by atoms with E-state index in [4.69, 9.17) is 0 Å². The molecule has 1 heterocycles. The average molecular weight is 291 g/mol. The molecule has 0 radical (unpaired) electrons. The number of carboxylic acids is 1. The molecule has 0 amide bonds. The van der Waals surface area contributed by atoms with Gasteiger partial charge in [0.25, 0.3) is 0 Å². The highest BCUT2D eigenvalue weighted by Gasteiger charge is 2.62. The molecule has 1 aromatic heterocycles. The molecule has 0 unspecified atom stereocenters. The number of hydrogen-bond acceptors (Lipinski definition) is 4. The minimum atomic E-state index is -0.706. The predicted molar refractivity (Wildman–Crippen MR) is 71.6 cm³/mol. The number of aliphatic carboxylic acids is 1. The van der Waals surface area contributed by atoms with Gasteiger partial charge in [-0.3, -0.25) is 19.6 Å². The van der Waals surface area contributed by atoms with E-state index in [9.17, 15) is 20.0 Å². The molecule has 2 atom stereocenters. The molecule has 4 fully saturated rings. The first-order chi connectivity index (χ1) is 9.92. The zero-order chi connectivity index (χ0) is 14.8. The van der Waals surface area contributed by atoms with Crippen LogP contribution in [0.25, 0.3) is 0 Å². The van der Waals surface area contributed by atoms with E-state index in [1.807, 2.05) is 0 Å². The summed E-state index contributed by atoms with van der Waals surface area (Å²) in [5.41, 5.74) is -1.00. The minimum Gasteiger partial charge on any atom is -0.481 e. The summed E-state index contributed by atoms with van der Waals surface area (Å²) in [6, 6.07) is 0. The van der Waals surface area contributed by atoms with Crippen LogP contribution in [0.15, 0.2) is 12.4 Å². The van der Waals surface area contributed by atoms with Crippen molar-refractivity contribution >= 4 is 11.7 Å². The molecule has 4 aliphatic rings. The van der Waals surface area contributed by atoms with Gasteiger partial charge in [0.15, 0.2) is 0 Å². The van der Waals surface area contributed by atoms with Crippen LogP contribution >= 0.6 is 0 Å². The van der Waals surface area contributed by atoms with Crippen LogP contribution in [0, 0.1) is 27.4 Å². The molecule has 112 valence electrons. The van der Waals surface area contributed by atoms with Crippen molar-refractivity contribution in [2.45, 2.75) is 44.1 Å². The van der Waals surface area contributed by atoms with Crippen molar-refractivity contribution in [2.75, 3.05) is 0 Å². The van der Waals surface area contributed by atoms with E-state index < -0.39 is 16.3 Å². The molecule has 4 saturated carbocycles. The quantitative estimate of drug-likeness (QED) is 0.679. The van der Waals surface area contributed by atoms with Gasteiger partial charge in [-0.15, -0.1) is 0 Å². The minimum absolute atomic E-state index is 0.0184. The van der Waals surface area contributed by atoms with E-state index in [0.29, 0.717) is 18.3 Å². The molecule has 1 aromatic rings. The van der Waals surface area contributed by atoms with Gasteiger partial charge in [0.1, 0.15) is 12.4 Å². The smallest absolute Gasteiger partial charge is 0.309 e. The zero-order valence-corrected chi connectivity index (χ0v) is 11.6. The second kappa shape index (κ2) is 3.84. The molecular weight excluding hydrogens is 274 g/mol. The lowest BCUT2D eigenvalue weighted by Crippen LogP contribution is -2.59. The van der Waals surface area contributed by atoms with E-state index in [1.165, 1.54) is 12.4 Å². The second-order valence-electron chi connectivity index (χ2n) is 7.17. The third-order valence-electron chi connectivity index (χ3n) is 5.75. The third kappa shape index (κ3) is 1.66. The topological polar surface area (TPSA) is 98.3 Å². The van der Waals surface area contributed by atoms with Crippen molar-refractivity contribution in [2.24, 2.45) is 17.3 Å². The Balaban J connectivity index is 1.76. The Morgan fingerprint density at radius 1 is 1.38 bits per heavy atom. The van der Waals surface area contributed by atoms with E-state index in [-0.39, 0.29) is 11.2 Å². The van der Waals surface area contributed by atoms with Gasteiger partial charge in [0, 0.05) is 0 Å². The van der Waals surface area contributed by atoms with Crippen LogP contribution < -0.4 is 0 Å². The molecule has 21 heavy (non-hydrogen) atoms. The normalized spacial score (nSPS) is 40.4. The van der Waals surface area contributed by atoms with Crippen molar-refractivity contribution in [1.29, 1.82) is 0 Å². The van der Waals surface area contributed by atoms with E-state index >= 15 is 0 Å².